The van der Waals surface area contributed by atoms with Gasteiger partial charge in [-0.25, -0.2) is 4.79 Å². The molecule has 0 saturated heterocycles. The number of hydrogen-bond acceptors (Lipinski definition) is 3. The minimum Gasteiger partial charge on any atom is -0.507 e. The minimum absolute atomic E-state index is 0.156. The first-order chi connectivity index (χ1) is 10.6. The Morgan fingerprint density at radius 2 is 2.00 bits per heavy atom. The molecule has 0 unspecified atom stereocenters. The molecule has 3 aromatic rings. The third-order valence-corrected chi connectivity index (χ3v) is 4.00. The van der Waals surface area contributed by atoms with Crippen LogP contribution in [0.5, 0.6) is 5.75 Å². The zero-order chi connectivity index (χ0) is 15.9. The summed E-state index contributed by atoms with van der Waals surface area (Å²) in [6.45, 7) is 6.24. The largest absolute Gasteiger partial charge is 0.507 e. The van der Waals surface area contributed by atoms with Gasteiger partial charge in [-0.15, -0.1) is 6.58 Å². The fraction of sp³-hybridized carbons (Fsp3) is 0.167. The second-order valence-corrected chi connectivity index (χ2v) is 5.19. The van der Waals surface area contributed by atoms with Crippen LogP contribution in [0.2, 0.25) is 0 Å². The molecule has 0 aliphatic carbocycles. The maximum Gasteiger partial charge on any atom is 0.340 e. The van der Waals surface area contributed by atoms with Crippen molar-refractivity contribution in [3.63, 3.8) is 0 Å². The maximum atomic E-state index is 12.2. The molecule has 0 atom stereocenters. The number of phenolic OH excluding ortho intramolecular Hbond substituents is 1. The fourth-order valence-electron chi connectivity index (χ4n) is 3.04. The number of methoxy groups -OCH3 is 1. The number of hydrogen-bond donors (Lipinski definition) is 1. The normalized spacial score (nSPS) is 11.0. The summed E-state index contributed by atoms with van der Waals surface area (Å²) >= 11 is 0. The lowest BCUT2D eigenvalue weighted by molar-refractivity contribution is 0.0602. The fourth-order valence-corrected chi connectivity index (χ4v) is 3.04. The van der Waals surface area contributed by atoms with Crippen LogP contribution >= 0.6 is 0 Å². The van der Waals surface area contributed by atoms with Crippen LogP contribution in [-0.2, 0) is 11.3 Å². The van der Waals surface area contributed by atoms with E-state index in [4.69, 9.17) is 4.74 Å². The van der Waals surface area contributed by atoms with Crippen molar-refractivity contribution in [1.29, 1.82) is 0 Å². The van der Waals surface area contributed by atoms with Crippen molar-refractivity contribution >= 4 is 27.6 Å². The molecule has 1 aromatic heterocycles. The number of fused-ring (bicyclic) bond motifs is 3. The summed E-state index contributed by atoms with van der Waals surface area (Å²) in [7, 11) is 1.36. The Morgan fingerprint density at radius 1 is 1.32 bits per heavy atom. The molecule has 0 aliphatic rings. The Hall–Kier alpha value is -2.75. The van der Waals surface area contributed by atoms with Crippen molar-refractivity contribution in [3.05, 3.63) is 54.2 Å². The number of allylic oxidation sites excluding steroid dienone is 1. The van der Waals surface area contributed by atoms with Crippen LogP contribution in [0, 0.1) is 6.92 Å². The molecule has 22 heavy (non-hydrogen) atoms. The summed E-state index contributed by atoms with van der Waals surface area (Å²) in [5, 5.41) is 12.7. The first kappa shape index (κ1) is 14.2. The van der Waals surface area contributed by atoms with E-state index in [0.717, 1.165) is 22.0 Å². The van der Waals surface area contributed by atoms with Gasteiger partial charge in [0, 0.05) is 28.4 Å². The summed E-state index contributed by atoms with van der Waals surface area (Å²) < 4.78 is 6.93. The van der Waals surface area contributed by atoms with Crippen LogP contribution in [0.25, 0.3) is 21.7 Å². The van der Waals surface area contributed by atoms with Gasteiger partial charge in [-0.1, -0.05) is 30.3 Å². The van der Waals surface area contributed by atoms with Crippen LogP contribution in [-0.4, -0.2) is 22.8 Å². The summed E-state index contributed by atoms with van der Waals surface area (Å²) in [6, 6.07) is 9.23. The smallest absolute Gasteiger partial charge is 0.340 e. The van der Waals surface area contributed by atoms with Gasteiger partial charge in [0.15, 0.2) is 0 Å². The molecule has 0 bridgehead atoms. The third kappa shape index (κ3) is 1.88. The number of nitrogens with zero attached hydrogens (tertiary/aromatic N) is 1. The second-order valence-electron chi connectivity index (χ2n) is 5.19. The number of aromatic nitrogens is 1. The van der Waals surface area contributed by atoms with E-state index >= 15 is 0 Å². The molecular weight excluding hydrogens is 278 g/mol. The standard InChI is InChI=1S/C18H17NO3/c1-4-9-19-11(2)16(18(21)22-3)14-10-15(20)12-7-5-6-8-13(12)17(14)19/h4-8,10,20H,1,9H2,2-3H3. The van der Waals surface area contributed by atoms with Crippen molar-refractivity contribution in [2.24, 2.45) is 0 Å². The Bertz CT molecular complexity index is 906. The first-order valence-electron chi connectivity index (χ1n) is 7.02. The summed E-state index contributed by atoms with van der Waals surface area (Å²) in [4.78, 5) is 12.2. The molecule has 3 rings (SSSR count). The molecule has 0 aliphatic heterocycles. The van der Waals surface area contributed by atoms with Gasteiger partial charge >= 0.3 is 5.97 Å². The van der Waals surface area contributed by atoms with E-state index < -0.39 is 5.97 Å². The van der Waals surface area contributed by atoms with Gasteiger partial charge in [0.25, 0.3) is 0 Å². The Kier molecular flexibility index (Phi) is 3.37. The van der Waals surface area contributed by atoms with E-state index in [2.05, 4.69) is 6.58 Å². The van der Waals surface area contributed by atoms with Crippen LogP contribution in [0.4, 0.5) is 0 Å². The average Bonchev–Trinajstić information content (AvgIpc) is 2.80. The highest BCUT2D eigenvalue weighted by atomic mass is 16.5. The lowest BCUT2D eigenvalue weighted by atomic mass is 10.0. The predicted molar refractivity (Wildman–Crippen MR) is 87.4 cm³/mol. The van der Waals surface area contributed by atoms with E-state index in [1.54, 1.807) is 12.1 Å². The molecule has 4 nitrogen and oxygen atoms in total. The van der Waals surface area contributed by atoms with Crippen LogP contribution in [0.3, 0.4) is 0 Å². The average molecular weight is 295 g/mol. The number of ether oxygens (including phenoxy) is 1. The number of phenols is 1. The van der Waals surface area contributed by atoms with Gasteiger partial charge < -0.3 is 14.4 Å². The van der Waals surface area contributed by atoms with Crippen molar-refractivity contribution < 1.29 is 14.6 Å². The van der Waals surface area contributed by atoms with Crippen molar-refractivity contribution in [2.45, 2.75) is 13.5 Å². The molecule has 112 valence electrons. The molecule has 4 heteroatoms. The summed E-state index contributed by atoms with van der Waals surface area (Å²) in [5.41, 5.74) is 2.20. The predicted octanol–water partition coefficient (Wildman–Crippen LogP) is 3.78. The van der Waals surface area contributed by atoms with E-state index in [1.165, 1.54) is 7.11 Å². The number of esters is 1. The van der Waals surface area contributed by atoms with Gasteiger partial charge in [0.1, 0.15) is 5.75 Å². The van der Waals surface area contributed by atoms with E-state index in [0.29, 0.717) is 17.5 Å². The SMILES string of the molecule is C=CCn1c(C)c(C(=O)OC)c2cc(O)c3ccccc3c21. The number of aromatic hydroxyl groups is 1. The Balaban J connectivity index is 2.56. The van der Waals surface area contributed by atoms with Crippen LogP contribution in [0.15, 0.2) is 43.0 Å². The van der Waals surface area contributed by atoms with Crippen molar-refractivity contribution in [1.82, 2.24) is 4.57 Å². The quantitative estimate of drug-likeness (QED) is 0.591. The number of benzene rings is 2. The monoisotopic (exact) mass is 295 g/mol. The van der Waals surface area contributed by atoms with E-state index in [9.17, 15) is 9.90 Å². The molecule has 0 spiro atoms. The highest BCUT2D eigenvalue weighted by Crippen LogP contribution is 2.37. The maximum absolute atomic E-state index is 12.2. The minimum atomic E-state index is -0.403. The van der Waals surface area contributed by atoms with Crippen LogP contribution < -0.4 is 0 Å². The highest BCUT2D eigenvalue weighted by Gasteiger charge is 2.22. The molecule has 0 fully saturated rings. The van der Waals surface area contributed by atoms with Gasteiger partial charge in [0.05, 0.1) is 18.2 Å². The molecule has 0 radical (unpaired) electrons. The zero-order valence-electron chi connectivity index (χ0n) is 12.6. The van der Waals surface area contributed by atoms with Gasteiger partial charge in [0.2, 0.25) is 0 Å². The number of rotatable bonds is 3. The van der Waals surface area contributed by atoms with Crippen molar-refractivity contribution in [3.8, 4) is 5.75 Å². The lowest BCUT2D eigenvalue weighted by Crippen LogP contribution is -2.04. The van der Waals surface area contributed by atoms with Gasteiger partial charge in [-0.2, -0.15) is 0 Å². The second kappa shape index (κ2) is 5.22. The van der Waals surface area contributed by atoms with Crippen LogP contribution in [0.1, 0.15) is 16.1 Å². The third-order valence-electron chi connectivity index (χ3n) is 4.00. The molecular formula is C18H17NO3. The molecule has 1 N–H and O–H groups in total. The van der Waals surface area contributed by atoms with Gasteiger partial charge in [-0.3, -0.25) is 0 Å². The molecule has 0 amide bonds. The molecule has 0 saturated carbocycles. The van der Waals surface area contributed by atoms with E-state index in [1.807, 2.05) is 35.8 Å². The van der Waals surface area contributed by atoms with E-state index in [-0.39, 0.29) is 5.75 Å². The topological polar surface area (TPSA) is 51.5 Å². The first-order valence-corrected chi connectivity index (χ1v) is 7.02. The summed E-state index contributed by atoms with van der Waals surface area (Å²) in [5.74, 6) is -0.246. The number of carbonyl (C=O) groups is 1. The number of carbonyl (C=O) groups excluding carboxylic acids is 1. The summed E-state index contributed by atoms with van der Waals surface area (Å²) in [6.07, 6.45) is 1.79. The zero-order valence-corrected chi connectivity index (χ0v) is 12.6. The Morgan fingerprint density at radius 3 is 2.64 bits per heavy atom. The molecule has 2 aromatic carbocycles. The lowest BCUT2D eigenvalue weighted by Gasteiger charge is -2.08. The highest BCUT2D eigenvalue weighted by molar-refractivity contribution is 6.16. The Labute approximate surface area is 128 Å². The molecule has 1 heterocycles. The van der Waals surface area contributed by atoms with Gasteiger partial charge in [-0.05, 0) is 13.0 Å². The van der Waals surface area contributed by atoms with Crippen molar-refractivity contribution in [2.75, 3.05) is 7.11 Å².